The van der Waals surface area contributed by atoms with Gasteiger partial charge in [-0.25, -0.2) is 14.4 Å². The summed E-state index contributed by atoms with van der Waals surface area (Å²) in [5, 5.41) is 21.6. The second-order valence-corrected chi connectivity index (χ2v) is 8.92. The number of nitrogens with one attached hydrogen (secondary N) is 2. The smallest absolute Gasteiger partial charge is 0.270 e. The van der Waals surface area contributed by atoms with Gasteiger partial charge in [-0.15, -0.1) is 10.2 Å². The van der Waals surface area contributed by atoms with Crippen molar-refractivity contribution in [3.63, 3.8) is 0 Å². The normalized spacial score (nSPS) is 17.0. The third kappa shape index (κ3) is 3.90. The summed E-state index contributed by atoms with van der Waals surface area (Å²) in [5.74, 6) is -0.674. The van der Waals surface area contributed by atoms with Crippen LogP contribution in [0.3, 0.4) is 0 Å². The zero-order chi connectivity index (χ0) is 24.0. The van der Waals surface area contributed by atoms with Crippen molar-refractivity contribution in [1.82, 2.24) is 40.5 Å². The lowest BCUT2D eigenvalue weighted by atomic mass is 10.0. The highest BCUT2D eigenvalue weighted by Crippen LogP contribution is 2.31. The fourth-order valence-electron chi connectivity index (χ4n) is 4.55. The Morgan fingerprint density at radius 1 is 1.14 bits per heavy atom. The zero-order valence-corrected chi connectivity index (χ0v) is 18.9. The maximum absolute atomic E-state index is 15.6. The first-order chi connectivity index (χ1) is 17.0. The minimum atomic E-state index is -2.49. The first-order valence-corrected chi connectivity index (χ1v) is 11.3. The molecule has 1 aliphatic carbocycles. The predicted octanol–water partition coefficient (Wildman–Crippen LogP) is 1.99. The third-order valence-corrected chi connectivity index (χ3v) is 6.46. The van der Waals surface area contributed by atoms with Crippen molar-refractivity contribution in [3.05, 3.63) is 65.1 Å². The Hall–Kier alpha value is -4.22. The number of fused-ring (bicyclic) bond motifs is 2. The number of halogens is 1. The van der Waals surface area contributed by atoms with Crippen molar-refractivity contribution >= 4 is 11.9 Å². The molecular weight excluding hydrogens is 453 g/mol. The fraction of sp³-hybridized carbons (Fsp3) is 0.348. The zero-order valence-electron chi connectivity index (χ0n) is 18.9. The van der Waals surface area contributed by atoms with Gasteiger partial charge in [-0.1, -0.05) is 24.3 Å². The van der Waals surface area contributed by atoms with Gasteiger partial charge in [0.15, 0.2) is 0 Å². The Bertz CT molecular complexity index is 1360. The van der Waals surface area contributed by atoms with Crippen LogP contribution < -0.4 is 5.32 Å². The predicted molar refractivity (Wildman–Crippen MR) is 121 cm³/mol. The molecule has 0 saturated heterocycles. The van der Waals surface area contributed by atoms with Crippen molar-refractivity contribution in [1.29, 1.82) is 0 Å². The maximum Gasteiger partial charge on any atom is 0.270 e. The van der Waals surface area contributed by atoms with Gasteiger partial charge in [0.2, 0.25) is 5.95 Å². The molecule has 11 nitrogen and oxygen atoms in total. The van der Waals surface area contributed by atoms with E-state index in [2.05, 4.69) is 53.0 Å². The summed E-state index contributed by atoms with van der Waals surface area (Å²) in [6.45, 7) is 1.61. The second-order valence-electron chi connectivity index (χ2n) is 8.92. The molecule has 1 aromatic carbocycles. The summed E-state index contributed by atoms with van der Waals surface area (Å²) in [7, 11) is 0. The van der Waals surface area contributed by atoms with E-state index in [9.17, 15) is 4.79 Å². The molecule has 0 radical (unpaired) electrons. The highest BCUT2D eigenvalue weighted by molar-refractivity contribution is 5.85. The summed E-state index contributed by atoms with van der Waals surface area (Å²) in [5.41, 5.74) is 2.00. The molecule has 1 atom stereocenters. The molecule has 4 aromatic rings. The van der Waals surface area contributed by atoms with E-state index in [1.165, 1.54) is 28.4 Å². The molecule has 6 rings (SSSR count). The first-order valence-electron chi connectivity index (χ1n) is 11.3. The Morgan fingerprint density at radius 3 is 2.60 bits per heavy atom. The number of carbonyl (C=O) groups excluding carboxylic acids is 1. The summed E-state index contributed by atoms with van der Waals surface area (Å²) >= 11 is 0. The van der Waals surface area contributed by atoms with Crippen LogP contribution in [0.4, 0.5) is 10.3 Å². The van der Waals surface area contributed by atoms with Gasteiger partial charge in [0, 0.05) is 31.4 Å². The van der Waals surface area contributed by atoms with Crippen LogP contribution >= 0.6 is 0 Å². The number of carbonyl (C=O) groups is 1. The van der Waals surface area contributed by atoms with E-state index in [0.717, 1.165) is 25.5 Å². The van der Waals surface area contributed by atoms with E-state index in [4.69, 9.17) is 4.42 Å². The fourth-order valence-corrected chi connectivity index (χ4v) is 4.55. The number of aromatic nitrogens is 7. The monoisotopic (exact) mass is 475 g/mol. The van der Waals surface area contributed by atoms with Gasteiger partial charge in [0.25, 0.3) is 23.4 Å². The van der Waals surface area contributed by atoms with Crippen LogP contribution in [0.1, 0.15) is 35.3 Å². The van der Waals surface area contributed by atoms with E-state index < -0.39 is 17.5 Å². The van der Waals surface area contributed by atoms with E-state index in [1.54, 1.807) is 0 Å². The number of hydrogen-bond donors (Lipinski definition) is 2. The van der Waals surface area contributed by atoms with E-state index in [-0.39, 0.29) is 18.5 Å². The Kier molecular flexibility index (Phi) is 5.01. The third-order valence-electron chi connectivity index (χ3n) is 6.46. The molecule has 4 heterocycles. The van der Waals surface area contributed by atoms with Crippen LogP contribution in [-0.2, 0) is 36.3 Å². The lowest BCUT2D eigenvalue weighted by molar-refractivity contribution is -0.146. The molecular formula is C23H22FN9O2. The topological polar surface area (TPSA) is 139 Å². The van der Waals surface area contributed by atoms with Crippen LogP contribution in [0.2, 0.25) is 0 Å². The molecule has 1 unspecified atom stereocenters. The molecule has 0 bridgehead atoms. The quantitative estimate of drug-likeness (QED) is 0.444. The molecule has 1 amide bonds. The van der Waals surface area contributed by atoms with Gasteiger partial charge in [-0.3, -0.25) is 4.79 Å². The standard InChI is InChI=1S/C23H22FN9O2/c1-23(24,21(34)33-7-6-17-18(12-33)29-32-28-17)20-31-30-19(35-20)15-10-25-22(26-11-15)27-16-8-13-4-2-3-5-14(13)9-16/h2-5,10-11,16H,6-9,12H2,1H3,(H,25,26,27)(H,28,29,32). The molecule has 35 heavy (non-hydrogen) atoms. The van der Waals surface area contributed by atoms with Crippen LogP contribution in [0, 0.1) is 0 Å². The molecule has 2 N–H and O–H groups in total. The lowest BCUT2D eigenvalue weighted by Crippen LogP contribution is -2.45. The molecule has 0 fully saturated rings. The number of hydrogen-bond acceptors (Lipinski definition) is 9. The Labute approximate surface area is 199 Å². The van der Waals surface area contributed by atoms with Gasteiger partial charge in [0.1, 0.15) is 5.69 Å². The first kappa shape index (κ1) is 21.3. The van der Waals surface area contributed by atoms with Crippen LogP contribution in [0.5, 0.6) is 0 Å². The molecule has 0 saturated carbocycles. The SMILES string of the molecule is CC(F)(C(=O)N1CCc2n[nH]nc2C1)c1nnc(-c2cnc(NC3Cc4ccccc4C3)nc2)o1. The highest BCUT2D eigenvalue weighted by Gasteiger charge is 2.45. The Morgan fingerprint density at radius 2 is 1.86 bits per heavy atom. The van der Waals surface area contributed by atoms with Gasteiger partial charge in [0.05, 0.1) is 17.8 Å². The molecule has 3 aromatic heterocycles. The minimum absolute atomic E-state index is 0.0360. The van der Waals surface area contributed by atoms with Crippen LogP contribution in [-0.4, -0.2) is 59.0 Å². The summed E-state index contributed by atoms with van der Waals surface area (Å²) in [6, 6.07) is 8.57. The van der Waals surface area contributed by atoms with E-state index in [0.29, 0.717) is 30.2 Å². The summed E-state index contributed by atoms with van der Waals surface area (Å²) in [6.07, 6.45) is 5.37. The van der Waals surface area contributed by atoms with E-state index >= 15 is 4.39 Å². The Balaban J connectivity index is 1.13. The number of rotatable bonds is 5. The number of nitrogens with zero attached hydrogens (tertiary/aromatic N) is 7. The van der Waals surface area contributed by atoms with Crippen molar-refractivity contribution in [3.8, 4) is 11.5 Å². The van der Waals surface area contributed by atoms with Gasteiger partial charge >= 0.3 is 0 Å². The van der Waals surface area contributed by atoms with Crippen molar-refractivity contribution in [2.75, 3.05) is 11.9 Å². The van der Waals surface area contributed by atoms with Crippen molar-refractivity contribution in [2.24, 2.45) is 0 Å². The average molecular weight is 475 g/mol. The van der Waals surface area contributed by atoms with Gasteiger partial charge < -0.3 is 14.6 Å². The average Bonchev–Trinajstić information content (AvgIpc) is 3.62. The van der Waals surface area contributed by atoms with E-state index in [1.807, 2.05) is 12.1 Å². The summed E-state index contributed by atoms with van der Waals surface area (Å²) < 4.78 is 21.1. The molecule has 2 aliphatic rings. The number of amides is 1. The second kappa shape index (κ2) is 8.22. The minimum Gasteiger partial charge on any atom is -0.416 e. The number of H-pyrrole nitrogens is 1. The summed E-state index contributed by atoms with van der Waals surface area (Å²) in [4.78, 5) is 23.0. The van der Waals surface area contributed by atoms with Gasteiger partial charge in [-0.2, -0.15) is 15.4 Å². The number of benzene rings is 1. The largest absolute Gasteiger partial charge is 0.416 e. The van der Waals surface area contributed by atoms with Gasteiger partial charge in [-0.05, 0) is 30.9 Å². The van der Waals surface area contributed by atoms with Crippen molar-refractivity contribution < 1.29 is 13.6 Å². The molecule has 1 aliphatic heterocycles. The number of aromatic amines is 1. The molecule has 12 heteroatoms. The number of alkyl halides is 1. The van der Waals surface area contributed by atoms with Crippen LogP contribution in [0.15, 0.2) is 41.1 Å². The maximum atomic E-state index is 15.6. The van der Waals surface area contributed by atoms with Crippen molar-refractivity contribution in [2.45, 2.75) is 44.4 Å². The molecule has 0 spiro atoms. The highest BCUT2D eigenvalue weighted by atomic mass is 19.1. The lowest BCUT2D eigenvalue weighted by Gasteiger charge is -2.29. The molecule has 178 valence electrons. The van der Waals surface area contributed by atoms with Crippen LogP contribution in [0.25, 0.3) is 11.5 Å². The number of anilines is 1.